The Kier molecular flexibility index (Phi) is 4.31. The highest BCUT2D eigenvalue weighted by molar-refractivity contribution is 5.95. The van der Waals surface area contributed by atoms with Gasteiger partial charge >= 0.3 is 0 Å². The van der Waals surface area contributed by atoms with Gasteiger partial charge in [-0.1, -0.05) is 5.16 Å². The molecule has 1 aliphatic rings. The molecule has 2 heterocycles. The lowest BCUT2D eigenvalue weighted by molar-refractivity contribution is 0.0174. The van der Waals surface area contributed by atoms with Crippen LogP contribution in [0.25, 0.3) is 11.5 Å². The van der Waals surface area contributed by atoms with Crippen LogP contribution in [-0.4, -0.2) is 40.1 Å². The molecule has 0 bridgehead atoms. The molecule has 0 radical (unpaired) electrons. The van der Waals surface area contributed by atoms with Crippen LogP contribution in [-0.2, 0) is 0 Å². The molecule has 2 aromatic carbocycles. The average molecular weight is 371 g/mol. The molecule has 3 aromatic rings. The first-order chi connectivity index (χ1) is 13.0. The zero-order valence-corrected chi connectivity index (χ0v) is 14.4. The van der Waals surface area contributed by atoms with E-state index in [-0.39, 0.29) is 11.7 Å². The number of likely N-dealkylation sites (tertiary alicyclic amines) is 1. The Morgan fingerprint density at radius 3 is 2.59 bits per heavy atom. The zero-order chi connectivity index (χ0) is 19.0. The predicted octanol–water partition coefficient (Wildman–Crippen LogP) is 3.23. The maximum atomic E-state index is 13.7. The lowest BCUT2D eigenvalue weighted by atomic mass is 10.1. The van der Waals surface area contributed by atoms with E-state index in [0.29, 0.717) is 30.6 Å². The van der Waals surface area contributed by atoms with Gasteiger partial charge in [0.1, 0.15) is 23.5 Å². The van der Waals surface area contributed by atoms with E-state index in [1.165, 1.54) is 4.90 Å². The lowest BCUT2D eigenvalue weighted by Gasteiger charge is -2.39. The summed E-state index contributed by atoms with van der Waals surface area (Å²) < 4.78 is 37.8. The van der Waals surface area contributed by atoms with Crippen LogP contribution in [0.5, 0.6) is 5.75 Å². The second-order valence-corrected chi connectivity index (χ2v) is 6.25. The molecule has 4 rings (SSSR count). The Bertz CT molecular complexity index is 982. The first kappa shape index (κ1) is 17.1. The molecule has 1 amide bonds. The molecule has 1 saturated heterocycles. The number of hydrogen-bond donors (Lipinski definition) is 0. The topological polar surface area (TPSA) is 68.5 Å². The van der Waals surface area contributed by atoms with Gasteiger partial charge in [-0.05, 0) is 49.4 Å². The fraction of sp³-hybridized carbons (Fsp3) is 0.211. The van der Waals surface area contributed by atoms with Gasteiger partial charge < -0.3 is 14.2 Å². The van der Waals surface area contributed by atoms with Gasteiger partial charge in [0.05, 0.1) is 18.7 Å². The van der Waals surface area contributed by atoms with Crippen LogP contribution in [0.1, 0.15) is 16.2 Å². The van der Waals surface area contributed by atoms with Crippen molar-refractivity contribution in [3.63, 3.8) is 0 Å². The molecule has 0 saturated carbocycles. The Balaban J connectivity index is 1.35. The quantitative estimate of drug-likeness (QED) is 0.704. The molecule has 1 fully saturated rings. The molecule has 138 valence electrons. The number of ether oxygens (including phenoxy) is 1. The van der Waals surface area contributed by atoms with E-state index in [2.05, 4.69) is 10.1 Å². The lowest BCUT2D eigenvalue weighted by Crippen LogP contribution is -2.56. The van der Waals surface area contributed by atoms with E-state index in [4.69, 9.17) is 9.26 Å². The zero-order valence-electron chi connectivity index (χ0n) is 14.4. The summed E-state index contributed by atoms with van der Waals surface area (Å²) in [7, 11) is 0. The molecule has 0 atom stereocenters. The predicted molar refractivity (Wildman–Crippen MR) is 91.1 cm³/mol. The number of halogens is 2. The van der Waals surface area contributed by atoms with Gasteiger partial charge in [0.2, 0.25) is 0 Å². The van der Waals surface area contributed by atoms with Crippen molar-refractivity contribution >= 4 is 5.91 Å². The summed E-state index contributed by atoms with van der Waals surface area (Å²) in [6.45, 7) is 2.35. The van der Waals surface area contributed by atoms with Gasteiger partial charge in [0.15, 0.2) is 5.82 Å². The number of carbonyl (C=O) groups excluding carboxylic acids is 1. The Morgan fingerprint density at radius 2 is 1.93 bits per heavy atom. The second kappa shape index (κ2) is 6.79. The Hall–Kier alpha value is -3.29. The third kappa shape index (κ3) is 3.51. The summed E-state index contributed by atoms with van der Waals surface area (Å²) in [4.78, 5) is 17.8. The van der Waals surface area contributed by atoms with Crippen LogP contribution in [0.15, 0.2) is 47.0 Å². The number of amides is 1. The van der Waals surface area contributed by atoms with E-state index in [0.717, 1.165) is 23.8 Å². The first-order valence-electron chi connectivity index (χ1n) is 8.31. The molecule has 0 spiro atoms. The molecule has 0 unspecified atom stereocenters. The second-order valence-electron chi connectivity index (χ2n) is 6.25. The van der Waals surface area contributed by atoms with Gasteiger partial charge in [0.25, 0.3) is 11.8 Å². The smallest absolute Gasteiger partial charge is 0.257 e. The highest BCUT2D eigenvalue weighted by Crippen LogP contribution is 2.24. The Labute approximate surface area is 153 Å². The minimum absolute atomic E-state index is 0.206. The van der Waals surface area contributed by atoms with Crippen LogP contribution in [0, 0.1) is 18.6 Å². The Morgan fingerprint density at radius 1 is 1.19 bits per heavy atom. The fourth-order valence-electron chi connectivity index (χ4n) is 2.79. The van der Waals surface area contributed by atoms with Gasteiger partial charge in [-0.25, -0.2) is 8.78 Å². The number of benzene rings is 2. The molecule has 1 aliphatic heterocycles. The van der Waals surface area contributed by atoms with Gasteiger partial charge in [0, 0.05) is 5.56 Å². The van der Waals surface area contributed by atoms with Crippen molar-refractivity contribution in [1.29, 1.82) is 0 Å². The van der Waals surface area contributed by atoms with Crippen molar-refractivity contribution < 1.29 is 22.8 Å². The molecule has 6 nitrogen and oxygen atoms in total. The third-order valence-electron chi connectivity index (χ3n) is 4.23. The van der Waals surface area contributed by atoms with Crippen LogP contribution in [0.3, 0.4) is 0 Å². The highest BCUT2D eigenvalue weighted by atomic mass is 19.1. The molecule has 0 N–H and O–H groups in total. The number of carbonyl (C=O) groups is 1. The van der Waals surface area contributed by atoms with Crippen LogP contribution >= 0.6 is 0 Å². The SMILES string of the molecule is Cc1noc(-c2ccc(OC3CN(C(=O)c4cc(F)ccc4F)C3)cc2)n1. The standard InChI is InChI=1S/C19H15F2N3O3/c1-11-22-18(27-23-11)12-2-5-14(6-3-12)26-15-9-24(10-15)19(25)16-8-13(20)4-7-17(16)21/h2-8,15H,9-10H2,1H3. The van der Waals surface area contributed by atoms with Crippen molar-refractivity contribution in [2.24, 2.45) is 0 Å². The minimum atomic E-state index is -0.738. The normalized spacial score (nSPS) is 14.1. The maximum absolute atomic E-state index is 13.7. The van der Waals surface area contributed by atoms with Gasteiger partial charge in [-0.2, -0.15) is 4.98 Å². The van der Waals surface area contributed by atoms with E-state index in [9.17, 15) is 13.6 Å². The van der Waals surface area contributed by atoms with Crippen molar-refractivity contribution in [3.05, 3.63) is 65.5 Å². The summed E-state index contributed by atoms with van der Waals surface area (Å²) in [5.74, 6) is -0.323. The highest BCUT2D eigenvalue weighted by Gasteiger charge is 2.34. The van der Waals surface area contributed by atoms with Crippen LogP contribution in [0.4, 0.5) is 8.78 Å². The molecule has 1 aromatic heterocycles. The van der Waals surface area contributed by atoms with E-state index < -0.39 is 17.5 Å². The van der Waals surface area contributed by atoms with Crippen molar-refractivity contribution in [2.75, 3.05) is 13.1 Å². The molecule has 27 heavy (non-hydrogen) atoms. The largest absolute Gasteiger partial charge is 0.487 e. The molecular formula is C19H15F2N3O3. The third-order valence-corrected chi connectivity index (χ3v) is 4.23. The number of aryl methyl sites for hydroxylation is 1. The minimum Gasteiger partial charge on any atom is -0.487 e. The van der Waals surface area contributed by atoms with Crippen molar-refractivity contribution in [2.45, 2.75) is 13.0 Å². The number of nitrogens with zero attached hydrogens (tertiary/aromatic N) is 3. The van der Waals surface area contributed by atoms with Gasteiger partial charge in [-0.15, -0.1) is 0 Å². The van der Waals surface area contributed by atoms with Crippen molar-refractivity contribution in [1.82, 2.24) is 15.0 Å². The summed E-state index contributed by atoms with van der Waals surface area (Å²) >= 11 is 0. The fourth-order valence-corrected chi connectivity index (χ4v) is 2.79. The maximum Gasteiger partial charge on any atom is 0.257 e. The van der Waals surface area contributed by atoms with Crippen LogP contribution in [0.2, 0.25) is 0 Å². The summed E-state index contributed by atoms with van der Waals surface area (Å²) in [6, 6.07) is 9.97. The number of aromatic nitrogens is 2. The van der Waals surface area contributed by atoms with E-state index >= 15 is 0 Å². The van der Waals surface area contributed by atoms with Crippen molar-refractivity contribution in [3.8, 4) is 17.2 Å². The van der Waals surface area contributed by atoms with Crippen LogP contribution < -0.4 is 4.74 Å². The summed E-state index contributed by atoms with van der Waals surface area (Å²) in [6.07, 6.45) is -0.206. The molecular weight excluding hydrogens is 356 g/mol. The molecule has 0 aliphatic carbocycles. The first-order valence-corrected chi connectivity index (χ1v) is 8.31. The van der Waals surface area contributed by atoms with E-state index in [1.807, 2.05) is 0 Å². The number of hydrogen-bond acceptors (Lipinski definition) is 5. The summed E-state index contributed by atoms with van der Waals surface area (Å²) in [5.41, 5.74) is 0.502. The molecule has 8 heteroatoms. The average Bonchev–Trinajstić information content (AvgIpc) is 3.06. The van der Waals surface area contributed by atoms with E-state index in [1.54, 1.807) is 31.2 Å². The number of rotatable bonds is 4. The summed E-state index contributed by atoms with van der Waals surface area (Å²) in [5, 5.41) is 3.74. The van der Waals surface area contributed by atoms with Gasteiger partial charge in [-0.3, -0.25) is 4.79 Å². The monoisotopic (exact) mass is 371 g/mol.